The third kappa shape index (κ3) is 4.65. The number of benzene rings is 3. The van der Waals surface area contributed by atoms with Crippen molar-refractivity contribution < 1.29 is 24.8 Å². The van der Waals surface area contributed by atoms with Crippen LogP contribution in [-0.4, -0.2) is 23.5 Å². The lowest BCUT2D eigenvalue weighted by Crippen LogP contribution is -2.51. The van der Waals surface area contributed by atoms with Crippen LogP contribution in [0.3, 0.4) is 0 Å². The van der Waals surface area contributed by atoms with Crippen LogP contribution in [0.2, 0.25) is 0 Å². The van der Waals surface area contributed by atoms with E-state index in [2.05, 4.69) is 10.7 Å². The highest BCUT2D eigenvalue weighted by molar-refractivity contribution is 6.04. The first kappa shape index (κ1) is 20.4. The molecule has 1 aromatic heterocycles. The van der Waals surface area contributed by atoms with Gasteiger partial charge in [-0.15, -0.1) is 0 Å². The van der Waals surface area contributed by atoms with E-state index in [1.807, 2.05) is 48.7 Å². The van der Waals surface area contributed by atoms with E-state index in [0.717, 1.165) is 35.0 Å². The van der Waals surface area contributed by atoms with Gasteiger partial charge >= 0.3 is 11.9 Å². The van der Waals surface area contributed by atoms with Crippen molar-refractivity contribution in [3.8, 4) is 5.75 Å². The minimum atomic E-state index is -0.610. The van der Waals surface area contributed by atoms with Crippen molar-refractivity contribution in [1.82, 2.24) is 4.98 Å². The molecule has 3 aromatic carbocycles. The lowest BCUT2D eigenvalue weighted by molar-refractivity contribution is -0.366. The van der Waals surface area contributed by atoms with E-state index in [0.29, 0.717) is 5.75 Å². The average Bonchev–Trinajstić information content (AvgIpc) is 3.20. The predicted octanol–water partition coefficient (Wildman–Crippen LogP) is 3.53. The number of H-pyrrole nitrogens is 1. The average molecular weight is 415 g/mol. The first-order valence-electron chi connectivity index (χ1n) is 10.1. The molecule has 1 heterocycles. The van der Waals surface area contributed by atoms with Gasteiger partial charge in [-0.3, -0.25) is 0 Å². The number of fused-ring (bicyclic) bond motifs is 1. The Hall–Kier alpha value is -3.90. The van der Waals surface area contributed by atoms with Gasteiger partial charge in [0.2, 0.25) is 0 Å². The van der Waals surface area contributed by atoms with Crippen molar-refractivity contribution in [3.63, 3.8) is 0 Å². The highest BCUT2D eigenvalue weighted by Crippen LogP contribution is 2.25. The SMILES string of the molecule is [NH3+]CCc1c[nH]c2ccc(OC(=O)c3ccccc3C(=O)OCc3ccccc3)cc12. The number of hydrogen-bond donors (Lipinski definition) is 2. The third-order valence-corrected chi connectivity index (χ3v) is 4.98. The topological polar surface area (TPSA) is 96.0 Å². The molecule has 0 spiro atoms. The van der Waals surface area contributed by atoms with Gasteiger partial charge in [-0.05, 0) is 41.5 Å². The lowest BCUT2D eigenvalue weighted by atomic mass is 10.1. The molecule has 0 aliphatic rings. The highest BCUT2D eigenvalue weighted by Gasteiger charge is 2.20. The van der Waals surface area contributed by atoms with E-state index in [-0.39, 0.29) is 17.7 Å². The molecule has 4 N–H and O–H groups in total. The smallest absolute Gasteiger partial charge is 0.344 e. The van der Waals surface area contributed by atoms with Gasteiger partial charge < -0.3 is 20.2 Å². The molecule has 0 atom stereocenters. The number of rotatable bonds is 7. The van der Waals surface area contributed by atoms with Crippen LogP contribution in [0.1, 0.15) is 31.8 Å². The van der Waals surface area contributed by atoms with E-state index >= 15 is 0 Å². The Labute approximate surface area is 179 Å². The van der Waals surface area contributed by atoms with Crippen LogP contribution in [-0.2, 0) is 17.8 Å². The summed E-state index contributed by atoms with van der Waals surface area (Å²) in [6.45, 7) is 0.901. The molecular formula is C25H23N2O4+. The molecule has 31 heavy (non-hydrogen) atoms. The molecule has 156 valence electrons. The van der Waals surface area contributed by atoms with Crippen LogP contribution in [0.5, 0.6) is 5.75 Å². The fourth-order valence-corrected chi connectivity index (χ4v) is 3.42. The molecule has 0 fully saturated rings. The van der Waals surface area contributed by atoms with Crippen molar-refractivity contribution >= 4 is 22.8 Å². The number of quaternary nitrogens is 1. The molecule has 0 radical (unpaired) electrons. The number of nitrogens with one attached hydrogen (secondary N) is 1. The van der Waals surface area contributed by atoms with E-state index in [1.165, 1.54) is 0 Å². The minimum Gasteiger partial charge on any atom is -0.457 e. The van der Waals surface area contributed by atoms with Gasteiger partial charge in [-0.1, -0.05) is 42.5 Å². The summed E-state index contributed by atoms with van der Waals surface area (Å²) in [5.41, 5.74) is 7.18. The maximum absolute atomic E-state index is 12.9. The number of hydrogen-bond acceptors (Lipinski definition) is 4. The Morgan fingerprint density at radius 2 is 1.58 bits per heavy atom. The Kier molecular flexibility index (Phi) is 6.10. The molecule has 6 heteroatoms. The second-order valence-corrected chi connectivity index (χ2v) is 7.12. The molecule has 6 nitrogen and oxygen atoms in total. The van der Waals surface area contributed by atoms with Crippen LogP contribution >= 0.6 is 0 Å². The number of carbonyl (C=O) groups excluding carboxylic acids is 2. The Bertz CT molecular complexity index is 1210. The highest BCUT2D eigenvalue weighted by atomic mass is 16.5. The van der Waals surface area contributed by atoms with Crippen LogP contribution in [0, 0.1) is 0 Å². The first-order chi connectivity index (χ1) is 15.2. The number of ether oxygens (including phenoxy) is 2. The predicted molar refractivity (Wildman–Crippen MR) is 117 cm³/mol. The molecular weight excluding hydrogens is 392 g/mol. The molecule has 0 unspecified atom stereocenters. The van der Waals surface area contributed by atoms with Gasteiger partial charge in [-0.25, -0.2) is 9.59 Å². The Morgan fingerprint density at radius 1 is 0.871 bits per heavy atom. The van der Waals surface area contributed by atoms with E-state index in [4.69, 9.17) is 9.47 Å². The van der Waals surface area contributed by atoms with Crippen LogP contribution in [0.4, 0.5) is 0 Å². The number of aromatic amines is 1. The van der Waals surface area contributed by atoms with E-state index in [9.17, 15) is 9.59 Å². The second kappa shape index (κ2) is 9.28. The lowest BCUT2D eigenvalue weighted by Gasteiger charge is -2.10. The van der Waals surface area contributed by atoms with Crippen molar-refractivity contribution in [2.45, 2.75) is 13.0 Å². The zero-order chi connectivity index (χ0) is 21.6. The van der Waals surface area contributed by atoms with Crippen molar-refractivity contribution in [1.29, 1.82) is 0 Å². The summed E-state index contributed by atoms with van der Waals surface area (Å²) < 4.78 is 11.0. The quantitative estimate of drug-likeness (QED) is 0.357. The largest absolute Gasteiger partial charge is 0.457 e. The van der Waals surface area contributed by atoms with E-state index in [1.54, 1.807) is 30.3 Å². The van der Waals surface area contributed by atoms with Crippen LogP contribution in [0.15, 0.2) is 79.0 Å². The maximum Gasteiger partial charge on any atom is 0.344 e. The van der Waals surface area contributed by atoms with Gasteiger partial charge in [0.1, 0.15) is 12.4 Å². The summed E-state index contributed by atoms with van der Waals surface area (Å²) in [5, 5.41) is 0.990. The minimum absolute atomic E-state index is 0.127. The fraction of sp³-hybridized carbons (Fsp3) is 0.120. The summed E-state index contributed by atoms with van der Waals surface area (Å²) in [5.74, 6) is -0.772. The fourth-order valence-electron chi connectivity index (χ4n) is 3.42. The summed E-state index contributed by atoms with van der Waals surface area (Å²) in [6.07, 6.45) is 2.77. The van der Waals surface area contributed by atoms with Gasteiger partial charge in [0.25, 0.3) is 0 Å². The van der Waals surface area contributed by atoms with Gasteiger partial charge in [0.05, 0.1) is 17.7 Å². The molecule has 0 aliphatic carbocycles. The first-order valence-corrected chi connectivity index (χ1v) is 10.1. The van der Waals surface area contributed by atoms with Gasteiger partial charge in [0, 0.05) is 23.5 Å². The van der Waals surface area contributed by atoms with Crippen LogP contribution in [0.25, 0.3) is 10.9 Å². The number of carbonyl (C=O) groups is 2. The van der Waals surface area contributed by atoms with Crippen molar-refractivity contribution in [2.24, 2.45) is 0 Å². The monoisotopic (exact) mass is 415 g/mol. The normalized spacial score (nSPS) is 10.7. The summed E-state index contributed by atoms with van der Waals surface area (Å²) in [7, 11) is 0. The number of aromatic nitrogens is 1. The summed E-state index contributed by atoms with van der Waals surface area (Å²) >= 11 is 0. The number of esters is 2. The van der Waals surface area contributed by atoms with Gasteiger partial charge in [-0.2, -0.15) is 0 Å². The molecule has 0 saturated carbocycles. The molecule has 4 rings (SSSR count). The molecule has 0 aliphatic heterocycles. The second-order valence-electron chi connectivity index (χ2n) is 7.12. The van der Waals surface area contributed by atoms with Gasteiger partial charge in [0.15, 0.2) is 0 Å². The molecule has 0 amide bonds. The Balaban J connectivity index is 1.52. The van der Waals surface area contributed by atoms with Crippen molar-refractivity contribution in [3.05, 3.63) is 101 Å². The molecule has 0 saturated heterocycles. The summed E-state index contributed by atoms with van der Waals surface area (Å²) in [6, 6.07) is 21.3. The third-order valence-electron chi connectivity index (χ3n) is 4.98. The standard InChI is InChI=1S/C25H22N2O4/c26-13-12-18-15-27-23-11-10-19(14-22(18)23)31-25(29)21-9-5-4-8-20(21)24(28)30-16-17-6-2-1-3-7-17/h1-11,14-15,27H,12-13,16,26H2/p+1. The van der Waals surface area contributed by atoms with Crippen LogP contribution < -0.4 is 10.5 Å². The maximum atomic E-state index is 12.9. The zero-order valence-corrected chi connectivity index (χ0v) is 17.0. The summed E-state index contributed by atoms with van der Waals surface area (Å²) in [4.78, 5) is 28.7. The zero-order valence-electron chi connectivity index (χ0n) is 17.0. The van der Waals surface area contributed by atoms with Crippen molar-refractivity contribution in [2.75, 3.05) is 6.54 Å². The van der Waals surface area contributed by atoms with E-state index < -0.39 is 11.9 Å². The molecule has 0 bridgehead atoms. The molecule has 4 aromatic rings. The Morgan fingerprint density at radius 3 is 2.32 bits per heavy atom.